The van der Waals surface area contributed by atoms with Gasteiger partial charge in [-0.25, -0.2) is 18.1 Å². The van der Waals surface area contributed by atoms with Crippen LogP contribution in [0.4, 0.5) is 0 Å². The molecule has 0 aromatic carbocycles. The van der Waals surface area contributed by atoms with Gasteiger partial charge in [-0.15, -0.1) is 0 Å². The van der Waals surface area contributed by atoms with Crippen LogP contribution in [0.5, 0.6) is 0 Å². The second-order valence-corrected chi connectivity index (χ2v) is 6.47. The number of hydrogen-bond acceptors (Lipinski definition) is 4. The molecule has 1 aliphatic rings. The number of likely N-dealkylation sites (tertiary alicyclic amines) is 1. The van der Waals surface area contributed by atoms with Crippen molar-refractivity contribution in [1.29, 1.82) is 0 Å². The lowest BCUT2D eigenvalue weighted by Gasteiger charge is -2.13. The third kappa shape index (κ3) is 3.09. The molecule has 0 aliphatic carbocycles. The van der Waals surface area contributed by atoms with Gasteiger partial charge in [-0.05, 0) is 32.4 Å². The van der Waals surface area contributed by atoms with Crippen LogP contribution >= 0.6 is 0 Å². The second-order valence-electron chi connectivity index (χ2n) is 4.73. The number of imidazole rings is 1. The number of nitrogens with one attached hydrogen (secondary N) is 2. The molecule has 6 nitrogen and oxygen atoms in total. The maximum atomic E-state index is 12.0. The van der Waals surface area contributed by atoms with Crippen LogP contribution in [0.1, 0.15) is 19.2 Å². The summed E-state index contributed by atoms with van der Waals surface area (Å²) in [6.45, 7) is 7.42. The summed E-state index contributed by atoms with van der Waals surface area (Å²) >= 11 is 0. The first-order chi connectivity index (χ1) is 8.51. The van der Waals surface area contributed by atoms with Crippen molar-refractivity contribution in [3.05, 3.63) is 12.0 Å². The summed E-state index contributed by atoms with van der Waals surface area (Å²) in [6, 6.07) is 0. The number of nitrogens with zero attached hydrogens (tertiary/aromatic N) is 2. The van der Waals surface area contributed by atoms with Crippen molar-refractivity contribution in [1.82, 2.24) is 19.6 Å². The van der Waals surface area contributed by atoms with Crippen molar-refractivity contribution >= 4 is 10.0 Å². The Hall–Kier alpha value is -0.920. The van der Waals surface area contributed by atoms with Crippen LogP contribution in [0.15, 0.2) is 11.2 Å². The first kappa shape index (κ1) is 13.5. The summed E-state index contributed by atoms with van der Waals surface area (Å²) in [4.78, 5) is 8.98. The molecule has 0 spiro atoms. The van der Waals surface area contributed by atoms with E-state index >= 15 is 0 Å². The molecule has 0 bridgehead atoms. The molecule has 1 saturated heterocycles. The maximum Gasteiger partial charge on any atom is 0.257 e. The Bertz CT molecular complexity index is 497. The van der Waals surface area contributed by atoms with Crippen LogP contribution < -0.4 is 4.72 Å². The fraction of sp³-hybridized carbons (Fsp3) is 0.727. The average Bonchev–Trinajstić information content (AvgIpc) is 2.95. The Morgan fingerprint density at radius 1 is 1.61 bits per heavy atom. The highest BCUT2D eigenvalue weighted by Gasteiger charge is 2.24. The third-order valence-electron chi connectivity index (χ3n) is 3.35. The molecule has 2 rings (SSSR count). The van der Waals surface area contributed by atoms with Crippen molar-refractivity contribution in [3.63, 3.8) is 0 Å². The molecular formula is C11H20N4O2S. The first-order valence-corrected chi connectivity index (χ1v) is 7.73. The molecule has 2 N–H and O–H groups in total. The molecule has 7 heteroatoms. The van der Waals surface area contributed by atoms with E-state index in [1.54, 1.807) is 6.92 Å². The van der Waals surface area contributed by atoms with Gasteiger partial charge in [0.15, 0.2) is 5.03 Å². The minimum absolute atomic E-state index is 0.144. The van der Waals surface area contributed by atoms with Crippen molar-refractivity contribution in [2.45, 2.75) is 25.3 Å². The van der Waals surface area contributed by atoms with Crippen LogP contribution in [0.2, 0.25) is 0 Å². The largest absolute Gasteiger partial charge is 0.332 e. The Labute approximate surface area is 108 Å². The number of rotatable bonds is 5. The van der Waals surface area contributed by atoms with Crippen LogP contribution in [0, 0.1) is 12.8 Å². The topological polar surface area (TPSA) is 78.1 Å². The Kier molecular flexibility index (Phi) is 4.04. The van der Waals surface area contributed by atoms with E-state index in [1.807, 2.05) is 0 Å². The number of aryl methyl sites for hydroxylation is 1. The molecule has 1 fully saturated rings. The highest BCUT2D eigenvalue weighted by molar-refractivity contribution is 7.89. The van der Waals surface area contributed by atoms with Crippen molar-refractivity contribution in [2.24, 2.45) is 5.92 Å². The molecule has 0 amide bonds. The number of aromatic amines is 1. The molecule has 1 atom stereocenters. The van der Waals surface area contributed by atoms with Gasteiger partial charge in [-0.3, -0.25) is 0 Å². The number of hydrogen-bond donors (Lipinski definition) is 2. The minimum Gasteiger partial charge on any atom is -0.332 e. The van der Waals surface area contributed by atoms with E-state index in [9.17, 15) is 8.42 Å². The van der Waals surface area contributed by atoms with E-state index in [-0.39, 0.29) is 5.03 Å². The van der Waals surface area contributed by atoms with Gasteiger partial charge in [0, 0.05) is 13.1 Å². The zero-order valence-electron chi connectivity index (χ0n) is 10.8. The first-order valence-electron chi connectivity index (χ1n) is 6.25. The van der Waals surface area contributed by atoms with E-state index in [1.165, 1.54) is 6.20 Å². The van der Waals surface area contributed by atoms with Crippen molar-refractivity contribution < 1.29 is 8.42 Å². The molecule has 18 heavy (non-hydrogen) atoms. The second kappa shape index (κ2) is 5.38. The monoisotopic (exact) mass is 272 g/mol. The molecule has 1 aliphatic heterocycles. The van der Waals surface area contributed by atoms with Gasteiger partial charge in [0.2, 0.25) is 0 Å². The predicted molar refractivity (Wildman–Crippen MR) is 68.7 cm³/mol. The van der Waals surface area contributed by atoms with Gasteiger partial charge in [-0.2, -0.15) is 0 Å². The lowest BCUT2D eigenvalue weighted by molar-refractivity contribution is 0.342. The average molecular weight is 272 g/mol. The predicted octanol–water partition coefficient (Wildman–Crippen LogP) is 0.338. The van der Waals surface area contributed by atoms with E-state index in [0.29, 0.717) is 18.3 Å². The Morgan fingerprint density at radius 3 is 2.94 bits per heavy atom. The Morgan fingerprint density at radius 2 is 2.39 bits per heavy atom. The molecule has 1 unspecified atom stereocenters. The molecule has 102 valence electrons. The smallest absolute Gasteiger partial charge is 0.257 e. The number of sulfonamides is 1. The zero-order chi connectivity index (χ0) is 13.2. The van der Waals surface area contributed by atoms with E-state index in [0.717, 1.165) is 26.1 Å². The molecule has 0 saturated carbocycles. The van der Waals surface area contributed by atoms with Crippen LogP contribution in [0.3, 0.4) is 0 Å². The molecule has 1 aromatic heterocycles. The van der Waals surface area contributed by atoms with E-state index < -0.39 is 10.0 Å². The summed E-state index contributed by atoms with van der Waals surface area (Å²) < 4.78 is 26.6. The van der Waals surface area contributed by atoms with Crippen LogP contribution in [-0.4, -0.2) is 49.5 Å². The van der Waals surface area contributed by atoms with Gasteiger partial charge in [0.1, 0.15) is 5.82 Å². The molecule has 0 radical (unpaired) electrons. The molecule has 1 aromatic rings. The Balaban J connectivity index is 1.90. The van der Waals surface area contributed by atoms with Crippen molar-refractivity contribution in [2.75, 3.05) is 26.2 Å². The highest BCUT2D eigenvalue weighted by atomic mass is 32.2. The van der Waals surface area contributed by atoms with Gasteiger partial charge in [0.05, 0.1) is 6.20 Å². The van der Waals surface area contributed by atoms with Crippen LogP contribution in [0.25, 0.3) is 0 Å². The van der Waals surface area contributed by atoms with Gasteiger partial charge in [-0.1, -0.05) is 6.92 Å². The van der Waals surface area contributed by atoms with E-state index in [4.69, 9.17) is 0 Å². The van der Waals surface area contributed by atoms with Gasteiger partial charge >= 0.3 is 0 Å². The molecular weight excluding hydrogens is 252 g/mol. The van der Waals surface area contributed by atoms with Gasteiger partial charge in [0.25, 0.3) is 10.0 Å². The highest BCUT2D eigenvalue weighted by Crippen LogP contribution is 2.15. The van der Waals surface area contributed by atoms with E-state index in [2.05, 4.69) is 26.5 Å². The lowest BCUT2D eigenvalue weighted by Crippen LogP contribution is -2.31. The number of aromatic nitrogens is 2. The quantitative estimate of drug-likeness (QED) is 0.810. The fourth-order valence-electron chi connectivity index (χ4n) is 2.21. The lowest BCUT2D eigenvalue weighted by atomic mass is 10.1. The molecule has 2 heterocycles. The standard InChI is InChI=1S/C11H20N4O2S/c1-3-15-5-4-10(8-15)6-13-18(16,17)11-7-12-9(2)14-11/h7,10,13H,3-6,8H2,1-2H3,(H,12,14). The zero-order valence-corrected chi connectivity index (χ0v) is 11.6. The summed E-state index contributed by atoms with van der Waals surface area (Å²) in [5.74, 6) is 1.01. The minimum atomic E-state index is -3.44. The summed E-state index contributed by atoms with van der Waals surface area (Å²) in [5, 5.41) is 0.144. The summed E-state index contributed by atoms with van der Waals surface area (Å²) in [5.41, 5.74) is 0. The van der Waals surface area contributed by atoms with Gasteiger partial charge < -0.3 is 9.88 Å². The summed E-state index contributed by atoms with van der Waals surface area (Å²) in [6.07, 6.45) is 2.41. The normalized spacial score (nSPS) is 21.6. The van der Waals surface area contributed by atoms with Crippen LogP contribution in [-0.2, 0) is 10.0 Å². The number of H-pyrrole nitrogens is 1. The maximum absolute atomic E-state index is 12.0. The third-order valence-corrected chi connectivity index (χ3v) is 4.68. The SMILES string of the molecule is CCN1CCC(CNS(=O)(=O)c2cnc(C)[nH]2)C1. The summed E-state index contributed by atoms with van der Waals surface area (Å²) in [7, 11) is -3.44. The van der Waals surface area contributed by atoms with Crippen molar-refractivity contribution in [3.8, 4) is 0 Å². The fourth-order valence-corrected chi connectivity index (χ4v) is 3.29.